The summed E-state index contributed by atoms with van der Waals surface area (Å²) in [6.45, 7) is 5.65. The van der Waals surface area contributed by atoms with Crippen molar-refractivity contribution in [3.8, 4) is 0 Å². The van der Waals surface area contributed by atoms with Crippen molar-refractivity contribution < 1.29 is 4.79 Å². The lowest BCUT2D eigenvalue weighted by molar-refractivity contribution is -0.135. The highest BCUT2D eigenvalue weighted by atomic mass is 16.2. The van der Waals surface area contributed by atoms with E-state index in [4.69, 9.17) is 0 Å². The van der Waals surface area contributed by atoms with E-state index >= 15 is 0 Å². The van der Waals surface area contributed by atoms with E-state index in [2.05, 4.69) is 5.43 Å². The van der Waals surface area contributed by atoms with Gasteiger partial charge >= 0.3 is 0 Å². The average molecular weight is 142 g/mol. The molecule has 3 heteroatoms. The fourth-order valence-electron chi connectivity index (χ4n) is 1.03. The van der Waals surface area contributed by atoms with Crippen LogP contribution in [0.1, 0.15) is 20.3 Å². The van der Waals surface area contributed by atoms with Crippen LogP contribution in [0.25, 0.3) is 0 Å². The lowest BCUT2D eigenvalue weighted by Gasteiger charge is -2.17. The molecule has 3 nitrogen and oxygen atoms in total. The normalized spacial score (nSPS) is 18.5. The Morgan fingerprint density at radius 1 is 1.60 bits per heavy atom. The molecule has 0 spiro atoms. The maximum absolute atomic E-state index is 11.2. The zero-order valence-electron chi connectivity index (χ0n) is 6.55. The maximum Gasteiger partial charge on any atom is 0.239 e. The molecule has 1 aliphatic rings. The third-order valence-corrected chi connectivity index (χ3v) is 1.62. The zero-order chi connectivity index (χ0) is 7.56. The Morgan fingerprint density at radius 2 is 2.30 bits per heavy atom. The topological polar surface area (TPSA) is 32.3 Å². The van der Waals surface area contributed by atoms with Crippen molar-refractivity contribution in [2.75, 3.05) is 13.1 Å². The van der Waals surface area contributed by atoms with Gasteiger partial charge in [-0.2, -0.15) is 0 Å². The molecule has 58 valence electrons. The standard InChI is InChI=1S/C7H14N2O/c1-6(2)7(10)9-5-3-4-8-9/h6,8H,3-5H2,1-2H3. The van der Waals surface area contributed by atoms with Gasteiger partial charge in [-0.05, 0) is 6.42 Å². The van der Waals surface area contributed by atoms with Crippen LogP contribution in [-0.4, -0.2) is 24.0 Å². The molecule has 1 N–H and O–H groups in total. The van der Waals surface area contributed by atoms with Gasteiger partial charge in [-0.15, -0.1) is 0 Å². The summed E-state index contributed by atoms with van der Waals surface area (Å²) < 4.78 is 0. The van der Waals surface area contributed by atoms with E-state index in [0.717, 1.165) is 19.5 Å². The molecular formula is C7H14N2O. The first-order valence-corrected chi connectivity index (χ1v) is 3.76. The molecule has 0 bridgehead atoms. The molecule has 1 amide bonds. The molecule has 1 heterocycles. The van der Waals surface area contributed by atoms with Crippen molar-refractivity contribution in [2.45, 2.75) is 20.3 Å². The van der Waals surface area contributed by atoms with Gasteiger partial charge in [-0.1, -0.05) is 13.8 Å². The first-order valence-electron chi connectivity index (χ1n) is 3.76. The average Bonchev–Trinajstić information content (AvgIpc) is 2.36. The molecule has 10 heavy (non-hydrogen) atoms. The Kier molecular flexibility index (Phi) is 2.27. The van der Waals surface area contributed by atoms with Gasteiger partial charge in [0.15, 0.2) is 0 Å². The van der Waals surface area contributed by atoms with E-state index in [1.165, 1.54) is 0 Å². The lowest BCUT2D eigenvalue weighted by atomic mass is 10.2. The highest BCUT2D eigenvalue weighted by molar-refractivity contribution is 5.77. The number of hydrazine groups is 1. The van der Waals surface area contributed by atoms with Crippen LogP contribution >= 0.6 is 0 Å². The largest absolute Gasteiger partial charge is 0.278 e. The van der Waals surface area contributed by atoms with Gasteiger partial charge in [0.25, 0.3) is 0 Å². The van der Waals surface area contributed by atoms with Crippen LogP contribution in [0.15, 0.2) is 0 Å². The fourth-order valence-corrected chi connectivity index (χ4v) is 1.03. The van der Waals surface area contributed by atoms with E-state index in [-0.39, 0.29) is 11.8 Å². The number of nitrogens with one attached hydrogen (secondary N) is 1. The molecule has 0 saturated carbocycles. The Morgan fingerprint density at radius 3 is 2.70 bits per heavy atom. The smallest absolute Gasteiger partial charge is 0.239 e. The Labute approximate surface area is 61.4 Å². The van der Waals surface area contributed by atoms with Crippen molar-refractivity contribution in [1.29, 1.82) is 0 Å². The number of nitrogens with zero attached hydrogens (tertiary/aromatic N) is 1. The maximum atomic E-state index is 11.2. The quantitative estimate of drug-likeness (QED) is 0.574. The molecule has 0 aromatic carbocycles. The molecule has 1 rings (SSSR count). The van der Waals surface area contributed by atoms with Crippen molar-refractivity contribution >= 4 is 5.91 Å². The minimum absolute atomic E-state index is 0.116. The molecule has 1 saturated heterocycles. The molecular weight excluding hydrogens is 128 g/mol. The van der Waals surface area contributed by atoms with Crippen LogP contribution < -0.4 is 5.43 Å². The van der Waals surface area contributed by atoms with Gasteiger partial charge in [0.1, 0.15) is 0 Å². The van der Waals surface area contributed by atoms with Crippen LogP contribution in [0, 0.1) is 5.92 Å². The second-order valence-corrected chi connectivity index (χ2v) is 2.91. The molecule has 1 aliphatic heterocycles. The number of hydrogen-bond donors (Lipinski definition) is 1. The van der Waals surface area contributed by atoms with Crippen LogP contribution in [0.4, 0.5) is 0 Å². The minimum Gasteiger partial charge on any atom is -0.278 e. The number of carbonyl (C=O) groups excluding carboxylic acids is 1. The van der Waals surface area contributed by atoms with Crippen molar-refractivity contribution in [3.63, 3.8) is 0 Å². The molecule has 0 radical (unpaired) electrons. The third-order valence-electron chi connectivity index (χ3n) is 1.62. The monoisotopic (exact) mass is 142 g/mol. The molecule has 1 fully saturated rings. The summed E-state index contributed by atoms with van der Waals surface area (Å²) >= 11 is 0. The van der Waals surface area contributed by atoms with Crippen LogP contribution in [0.5, 0.6) is 0 Å². The minimum atomic E-state index is 0.116. The summed E-state index contributed by atoms with van der Waals surface area (Å²) in [5.74, 6) is 0.322. The van der Waals surface area contributed by atoms with E-state index < -0.39 is 0 Å². The summed E-state index contributed by atoms with van der Waals surface area (Å²) in [7, 11) is 0. The van der Waals surface area contributed by atoms with Crippen LogP contribution in [0.3, 0.4) is 0 Å². The van der Waals surface area contributed by atoms with E-state index in [1.807, 2.05) is 13.8 Å². The Hall–Kier alpha value is -0.570. The summed E-state index contributed by atoms with van der Waals surface area (Å²) in [6, 6.07) is 0. The SMILES string of the molecule is CC(C)C(=O)N1CCCN1. The van der Waals surface area contributed by atoms with Gasteiger partial charge < -0.3 is 0 Å². The van der Waals surface area contributed by atoms with Crippen LogP contribution in [0.2, 0.25) is 0 Å². The summed E-state index contributed by atoms with van der Waals surface area (Å²) in [5, 5.41) is 1.71. The van der Waals surface area contributed by atoms with Crippen molar-refractivity contribution in [2.24, 2.45) is 5.92 Å². The third kappa shape index (κ3) is 1.48. The second kappa shape index (κ2) is 3.01. The van der Waals surface area contributed by atoms with Crippen molar-refractivity contribution in [3.05, 3.63) is 0 Å². The summed E-state index contributed by atoms with van der Waals surface area (Å²) in [5.41, 5.74) is 3.02. The second-order valence-electron chi connectivity index (χ2n) is 2.91. The summed E-state index contributed by atoms with van der Waals surface area (Å²) in [4.78, 5) is 11.2. The fraction of sp³-hybridized carbons (Fsp3) is 0.857. The number of amides is 1. The van der Waals surface area contributed by atoms with Gasteiger partial charge in [-0.3, -0.25) is 9.80 Å². The highest BCUT2D eigenvalue weighted by Gasteiger charge is 2.19. The molecule has 0 aliphatic carbocycles. The van der Waals surface area contributed by atoms with Gasteiger partial charge in [-0.25, -0.2) is 5.43 Å². The Bertz CT molecular complexity index is 128. The highest BCUT2D eigenvalue weighted by Crippen LogP contribution is 2.03. The number of carbonyl (C=O) groups is 1. The van der Waals surface area contributed by atoms with Crippen LogP contribution in [-0.2, 0) is 4.79 Å². The molecule has 0 aromatic rings. The van der Waals surface area contributed by atoms with Gasteiger partial charge in [0.05, 0.1) is 0 Å². The van der Waals surface area contributed by atoms with E-state index in [0.29, 0.717) is 0 Å². The molecule has 0 aromatic heterocycles. The number of hydrogen-bond acceptors (Lipinski definition) is 2. The molecule has 0 unspecified atom stereocenters. The van der Waals surface area contributed by atoms with Gasteiger partial charge in [0.2, 0.25) is 5.91 Å². The van der Waals surface area contributed by atoms with E-state index in [1.54, 1.807) is 5.01 Å². The zero-order valence-corrected chi connectivity index (χ0v) is 6.55. The summed E-state index contributed by atoms with van der Waals surface area (Å²) in [6.07, 6.45) is 1.08. The van der Waals surface area contributed by atoms with Gasteiger partial charge in [0, 0.05) is 19.0 Å². The first-order chi connectivity index (χ1) is 4.72. The number of rotatable bonds is 1. The predicted molar refractivity (Wildman–Crippen MR) is 39.2 cm³/mol. The van der Waals surface area contributed by atoms with Crippen molar-refractivity contribution in [1.82, 2.24) is 10.4 Å². The molecule has 0 atom stereocenters. The first kappa shape index (κ1) is 7.54. The lowest BCUT2D eigenvalue weighted by Crippen LogP contribution is -2.39. The Balaban J connectivity index is 2.40. The predicted octanol–water partition coefficient (Wildman–Crippen LogP) is 0.379. The van der Waals surface area contributed by atoms with E-state index in [9.17, 15) is 4.79 Å².